The van der Waals surface area contributed by atoms with Crippen molar-refractivity contribution in [3.8, 4) is 5.88 Å². The molecule has 2 heterocycles. The van der Waals surface area contributed by atoms with Crippen molar-refractivity contribution in [1.29, 1.82) is 0 Å². The summed E-state index contributed by atoms with van der Waals surface area (Å²) in [6, 6.07) is 0. The Morgan fingerprint density at radius 3 is 2.55 bits per heavy atom. The Hall–Kier alpha value is -0.503. The van der Waals surface area contributed by atoms with Crippen molar-refractivity contribution in [2.75, 3.05) is 20.2 Å². The summed E-state index contributed by atoms with van der Waals surface area (Å²) in [5, 5.41) is 0.258. The lowest BCUT2D eigenvalue weighted by Gasteiger charge is -2.46. The van der Waals surface area contributed by atoms with Crippen molar-refractivity contribution in [2.45, 2.75) is 51.6 Å². The highest BCUT2D eigenvalue weighted by Gasteiger charge is 2.42. The highest BCUT2D eigenvalue weighted by atomic mass is 79.9. The number of methoxy groups -OCH3 is 1. The van der Waals surface area contributed by atoms with E-state index in [1.54, 1.807) is 13.3 Å². The molecule has 1 aromatic rings. The molecule has 1 aliphatic rings. The molecular weight excluding hydrogens is 362 g/mol. The van der Waals surface area contributed by atoms with Crippen LogP contribution in [-0.4, -0.2) is 49.5 Å². The van der Waals surface area contributed by atoms with Crippen LogP contribution < -0.4 is 4.74 Å². The Balaban J connectivity index is 1.88. The van der Waals surface area contributed by atoms with Gasteiger partial charge in [0.05, 0.1) is 19.4 Å². The summed E-state index contributed by atoms with van der Waals surface area (Å²) in [6.07, 6.45) is 2.05. The molecule has 0 N–H and O–H groups in total. The molecule has 0 spiro atoms. The Kier molecular flexibility index (Phi) is 5.31. The van der Waals surface area contributed by atoms with Gasteiger partial charge in [-0.05, 0) is 34.1 Å². The van der Waals surface area contributed by atoms with Crippen molar-refractivity contribution in [1.82, 2.24) is 14.9 Å². The Bertz CT molecular complexity index is 528. The van der Waals surface area contributed by atoms with Crippen molar-refractivity contribution < 1.29 is 9.16 Å². The van der Waals surface area contributed by atoms with Gasteiger partial charge in [-0.1, -0.05) is 20.8 Å². The predicted octanol–water partition coefficient (Wildman–Crippen LogP) is 3.45. The lowest BCUT2D eigenvalue weighted by molar-refractivity contribution is 0.00440. The highest BCUT2D eigenvalue weighted by Crippen LogP contribution is 2.38. The molecule has 1 aliphatic heterocycles. The molecule has 1 fully saturated rings. The molecule has 1 saturated heterocycles. The van der Waals surface area contributed by atoms with Gasteiger partial charge < -0.3 is 9.16 Å². The second-order valence-corrected chi connectivity index (χ2v) is 12.9. The smallest absolute Gasteiger partial charge is 0.237 e. The van der Waals surface area contributed by atoms with Gasteiger partial charge in [0.1, 0.15) is 10.3 Å². The van der Waals surface area contributed by atoms with Crippen molar-refractivity contribution >= 4 is 24.2 Å². The number of ether oxygens (including phenoxy) is 1. The second kappa shape index (κ2) is 6.55. The second-order valence-electron chi connectivity index (χ2n) is 7.34. The first kappa shape index (κ1) is 17.8. The van der Waals surface area contributed by atoms with E-state index in [0.717, 1.165) is 25.3 Å². The van der Waals surface area contributed by atoms with Gasteiger partial charge in [0.15, 0.2) is 8.32 Å². The summed E-state index contributed by atoms with van der Waals surface area (Å²) in [5.41, 5.74) is 0.872. The summed E-state index contributed by atoms with van der Waals surface area (Å²) >= 11 is 3.31. The van der Waals surface area contributed by atoms with Crippen LogP contribution >= 0.6 is 15.9 Å². The van der Waals surface area contributed by atoms with Crippen LogP contribution in [0.4, 0.5) is 0 Å². The number of likely N-dealkylation sites (tertiary alicyclic amines) is 1. The molecule has 0 radical (unpaired) electrons. The van der Waals surface area contributed by atoms with Crippen LogP contribution in [0.25, 0.3) is 0 Å². The minimum absolute atomic E-state index is 0.258. The molecule has 2 rings (SSSR count). The highest BCUT2D eigenvalue weighted by molar-refractivity contribution is 9.10. The lowest BCUT2D eigenvalue weighted by atomic mass is 10.1. The Labute approximate surface area is 142 Å². The molecule has 0 aromatic carbocycles. The van der Waals surface area contributed by atoms with Gasteiger partial charge in [-0.25, -0.2) is 4.98 Å². The molecule has 5 nitrogen and oxygen atoms in total. The molecule has 0 saturated carbocycles. The first-order valence-corrected chi connectivity index (χ1v) is 11.3. The fraction of sp³-hybridized carbons (Fsp3) is 0.733. The third-order valence-corrected chi connectivity index (χ3v) is 9.46. The number of hydrogen-bond acceptors (Lipinski definition) is 5. The van der Waals surface area contributed by atoms with Crippen LogP contribution in [0.1, 0.15) is 26.5 Å². The van der Waals surface area contributed by atoms with Gasteiger partial charge in [0.2, 0.25) is 5.88 Å². The molecule has 0 unspecified atom stereocenters. The summed E-state index contributed by atoms with van der Waals surface area (Å²) in [7, 11) is -0.0457. The third-order valence-electron chi connectivity index (χ3n) is 4.54. The predicted molar refractivity (Wildman–Crippen MR) is 93.6 cm³/mol. The van der Waals surface area contributed by atoms with E-state index in [9.17, 15) is 0 Å². The lowest BCUT2D eigenvalue weighted by Crippen LogP contribution is -2.57. The zero-order valence-corrected chi connectivity index (χ0v) is 16.9. The molecule has 0 bridgehead atoms. The maximum Gasteiger partial charge on any atom is 0.237 e. The SMILES string of the molecule is COc1nc(Br)cnc1CN1CC(O[Si](C)(C)C(C)(C)C)C1. The van der Waals surface area contributed by atoms with Crippen LogP contribution in [0.5, 0.6) is 5.88 Å². The van der Waals surface area contributed by atoms with Crippen LogP contribution in [0.15, 0.2) is 10.8 Å². The van der Waals surface area contributed by atoms with Gasteiger partial charge in [-0.2, -0.15) is 0 Å². The fourth-order valence-electron chi connectivity index (χ4n) is 2.18. The van der Waals surface area contributed by atoms with Crippen LogP contribution in [-0.2, 0) is 11.0 Å². The van der Waals surface area contributed by atoms with Crippen molar-refractivity contribution in [3.05, 3.63) is 16.5 Å². The van der Waals surface area contributed by atoms with E-state index in [0.29, 0.717) is 16.6 Å². The van der Waals surface area contributed by atoms with Gasteiger partial charge in [0, 0.05) is 19.6 Å². The quantitative estimate of drug-likeness (QED) is 0.723. The first-order valence-electron chi connectivity index (χ1n) is 7.58. The molecule has 124 valence electrons. The Morgan fingerprint density at radius 2 is 2.00 bits per heavy atom. The summed E-state index contributed by atoms with van der Waals surface area (Å²) in [6.45, 7) is 14.1. The largest absolute Gasteiger partial charge is 0.480 e. The Morgan fingerprint density at radius 1 is 1.36 bits per heavy atom. The average molecular weight is 388 g/mol. The number of nitrogens with zero attached hydrogens (tertiary/aromatic N) is 3. The van der Waals surface area contributed by atoms with E-state index in [4.69, 9.17) is 9.16 Å². The third kappa shape index (κ3) is 4.07. The maximum atomic E-state index is 6.40. The molecule has 1 aromatic heterocycles. The van der Waals surface area contributed by atoms with Gasteiger partial charge in [0.25, 0.3) is 0 Å². The first-order chi connectivity index (χ1) is 10.1. The minimum Gasteiger partial charge on any atom is -0.480 e. The van der Waals surface area contributed by atoms with E-state index in [-0.39, 0.29) is 5.04 Å². The molecule has 0 atom stereocenters. The van der Waals surface area contributed by atoms with Crippen LogP contribution in [0, 0.1) is 0 Å². The van der Waals surface area contributed by atoms with E-state index in [1.807, 2.05) is 0 Å². The van der Waals surface area contributed by atoms with Crippen molar-refractivity contribution in [3.63, 3.8) is 0 Å². The summed E-state index contributed by atoms with van der Waals surface area (Å²) in [4.78, 5) is 11.0. The van der Waals surface area contributed by atoms with E-state index in [1.165, 1.54) is 0 Å². The van der Waals surface area contributed by atoms with Gasteiger partial charge in [-0.15, -0.1) is 0 Å². The molecule has 0 amide bonds. The van der Waals surface area contributed by atoms with Crippen molar-refractivity contribution in [2.24, 2.45) is 0 Å². The fourth-order valence-corrected chi connectivity index (χ4v) is 3.78. The molecule has 7 heteroatoms. The number of hydrogen-bond donors (Lipinski definition) is 0. The monoisotopic (exact) mass is 387 g/mol. The maximum absolute atomic E-state index is 6.40. The van der Waals surface area contributed by atoms with Crippen LogP contribution in [0.3, 0.4) is 0 Å². The molecular formula is C15H26BrN3O2Si. The average Bonchev–Trinajstić information content (AvgIpc) is 2.36. The minimum atomic E-state index is -1.67. The van der Waals surface area contributed by atoms with E-state index in [2.05, 4.69) is 64.7 Å². The zero-order valence-electron chi connectivity index (χ0n) is 14.3. The topological polar surface area (TPSA) is 47.5 Å². The van der Waals surface area contributed by atoms with E-state index < -0.39 is 8.32 Å². The molecule has 22 heavy (non-hydrogen) atoms. The van der Waals surface area contributed by atoms with E-state index >= 15 is 0 Å². The molecule has 0 aliphatic carbocycles. The number of halogens is 1. The number of aromatic nitrogens is 2. The standard InChI is InChI=1S/C15H26BrN3O2Si/c1-15(2,3)22(5,6)21-11-8-19(9-11)10-12-14(20-4)18-13(16)7-17-12/h7,11H,8-10H2,1-6H3. The van der Waals surface area contributed by atoms with Gasteiger partial charge in [-0.3, -0.25) is 9.88 Å². The summed E-state index contributed by atoms with van der Waals surface area (Å²) in [5.74, 6) is 0.586. The zero-order chi connectivity index (χ0) is 16.5. The van der Waals surface area contributed by atoms with Crippen LogP contribution in [0.2, 0.25) is 18.1 Å². The number of rotatable bonds is 5. The summed E-state index contributed by atoms with van der Waals surface area (Å²) < 4.78 is 12.4. The normalized spacial score (nSPS) is 17.4. The van der Waals surface area contributed by atoms with Gasteiger partial charge >= 0.3 is 0 Å².